The third-order valence-electron chi connectivity index (χ3n) is 12.1. The van der Waals surface area contributed by atoms with Crippen LogP contribution in [0.25, 0.3) is 99.6 Å². The van der Waals surface area contributed by atoms with Gasteiger partial charge in [0.05, 0.1) is 11.4 Å². The highest BCUT2D eigenvalue weighted by atomic mass is 14.9. The van der Waals surface area contributed by atoms with Gasteiger partial charge in [-0.05, 0) is 101 Å². The Morgan fingerprint density at radius 1 is 0.333 bits per heavy atom. The Labute approximate surface area is 332 Å². The second-order valence-electron chi connectivity index (χ2n) is 15.7. The topological polar surface area (TPSA) is 25.8 Å². The summed E-state index contributed by atoms with van der Waals surface area (Å²) in [6.45, 7) is 4.78. The molecule has 1 aromatic heterocycles. The lowest BCUT2D eigenvalue weighted by Gasteiger charge is -2.25. The van der Waals surface area contributed by atoms with Crippen LogP contribution in [-0.4, -0.2) is 9.97 Å². The van der Waals surface area contributed by atoms with Crippen LogP contribution in [0.5, 0.6) is 0 Å². The van der Waals surface area contributed by atoms with Crippen molar-refractivity contribution in [1.82, 2.24) is 9.97 Å². The first kappa shape index (κ1) is 33.2. The van der Waals surface area contributed by atoms with Gasteiger partial charge in [-0.15, -0.1) is 0 Å². The molecule has 0 radical (unpaired) electrons. The minimum Gasteiger partial charge on any atom is -0.228 e. The SMILES string of the molecule is CC1(C)c2cc3ccccc3cc2-c2cccc(-c3ccc(-c4ccc(-c5nc(-c6ccccc6)cc(-c6ccccc6)n5)c5ccccc45)c4ccccc34)c21. The molecule has 0 aliphatic heterocycles. The Hall–Kier alpha value is -7.16. The molecule has 1 heterocycles. The normalized spacial score (nSPS) is 12.9. The molecule has 0 amide bonds. The van der Waals surface area contributed by atoms with Crippen LogP contribution in [0.1, 0.15) is 25.0 Å². The predicted molar refractivity (Wildman–Crippen MR) is 239 cm³/mol. The number of hydrogen-bond donors (Lipinski definition) is 0. The molecule has 0 atom stereocenters. The van der Waals surface area contributed by atoms with Gasteiger partial charge in [-0.2, -0.15) is 0 Å². The molecule has 9 aromatic carbocycles. The van der Waals surface area contributed by atoms with Crippen molar-refractivity contribution >= 4 is 32.3 Å². The molecular formula is C55H38N2. The maximum atomic E-state index is 5.21. The van der Waals surface area contributed by atoms with E-state index in [1.807, 2.05) is 12.1 Å². The Kier molecular flexibility index (Phi) is 7.55. The molecule has 1 aliphatic carbocycles. The molecule has 11 rings (SSSR count). The van der Waals surface area contributed by atoms with Crippen molar-refractivity contribution in [2.75, 3.05) is 0 Å². The molecule has 57 heavy (non-hydrogen) atoms. The van der Waals surface area contributed by atoms with E-state index in [2.05, 4.69) is 196 Å². The summed E-state index contributed by atoms with van der Waals surface area (Å²) in [5.74, 6) is 0.715. The Morgan fingerprint density at radius 3 is 1.30 bits per heavy atom. The van der Waals surface area contributed by atoms with Gasteiger partial charge in [0, 0.05) is 22.1 Å². The Bertz CT molecular complexity index is 3140. The first-order valence-corrected chi connectivity index (χ1v) is 19.7. The average Bonchev–Trinajstić information content (AvgIpc) is 3.50. The van der Waals surface area contributed by atoms with Gasteiger partial charge in [0.1, 0.15) is 0 Å². The van der Waals surface area contributed by atoms with E-state index >= 15 is 0 Å². The summed E-state index contributed by atoms with van der Waals surface area (Å²) in [6.07, 6.45) is 0. The van der Waals surface area contributed by atoms with Crippen LogP contribution < -0.4 is 0 Å². The lowest BCUT2D eigenvalue weighted by molar-refractivity contribution is 0.663. The molecule has 0 unspecified atom stereocenters. The Balaban J connectivity index is 1.08. The molecule has 2 nitrogen and oxygen atoms in total. The lowest BCUT2D eigenvalue weighted by atomic mass is 9.77. The van der Waals surface area contributed by atoms with Gasteiger partial charge in [0.15, 0.2) is 5.82 Å². The van der Waals surface area contributed by atoms with Gasteiger partial charge < -0.3 is 0 Å². The molecule has 0 bridgehead atoms. The molecule has 0 fully saturated rings. The number of benzene rings is 9. The van der Waals surface area contributed by atoms with E-state index in [1.165, 1.54) is 71.4 Å². The van der Waals surface area contributed by atoms with Crippen LogP contribution in [-0.2, 0) is 5.41 Å². The fraction of sp³-hybridized carbons (Fsp3) is 0.0545. The van der Waals surface area contributed by atoms with Gasteiger partial charge in [0.2, 0.25) is 0 Å². The fourth-order valence-corrected chi connectivity index (χ4v) is 9.37. The molecule has 0 spiro atoms. The first-order valence-electron chi connectivity index (χ1n) is 19.7. The molecule has 10 aromatic rings. The zero-order chi connectivity index (χ0) is 38.1. The fourth-order valence-electron chi connectivity index (χ4n) is 9.37. The Morgan fingerprint density at radius 2 is 0.754 bits per heavy atom. The van der Waals surface area contributed by atoms with Crippen LogP contribution in [0.15, 0.2) is 194 Å². The van der Waals surface area contributed by atoms with E-state index in [-0.39, 0.29) is 5.41 Å². The summed E-state index contributed by atoms with van der Waals surface area (Å²) in [4.78, 5) is 10.4. The number of rotatable bonds is 5. The summed E-state index contributed by atoms with van der Waals surface area (Å²) in [5.41, 5.74) is 15.2. The van der Waals surface area contributed by atoms with Crippen molar-refractivity contribution < 1.29 is 0 Å². The van der Waals surface area contributed by atoms with E-state index in [4.69, 9.17) is 9.97 Å². The highest BCUT2D eigenvalue weighted by Crippen LogP contribution is 2.54. The van der Waals surface area contributed by atoms with Gasteiger partial charge >= 0.3 is 0 Å². The molecule has 0 saturated heterocycles. The van der Waals surface area contributed by atoms with Crippen LogP contribution >= 0.6 is 0 Å². The summed E-state index contributed by atoms with van der Waals surface area (Å²) < 4.78 is 0. The largest absolute Gasteiger partial charge is 0.228 e. The van der Waals surface area contributed by atoms with Crippen molar-refractivity contribution in [3.8, 4) is 67.3 Å². The number of nitrogens with zero attached hydrogens (tertiary/aromatic N) is 2. The molecule has 0 saturated carbocycles. The van der Waals surface area contributed by atoms with Crippen molar-refractivity contribution in [1.29, 1.82) is 0 Å². The lowest BCUT2D eigenvalue weighted by Crippen LogP contribution is -2.16. The van der Waals surface area contributed by atoms with Crippen molar-refractivity contribution in [3.63, 3.8) is 0 Å². The second kappa shape index (κ2) is 13.0. The minimum absolute atomic E-state index is 0.155. The van der Waals surface area contributed by atoms with Crippen molar-refractivity contribution in [3.05, 3.63) is 205 Å². The summed E-state index contributed by atoms with van der Waals surface area (Å²) in [5, 5.41) is 7.36. The van der Waals surface area contributed by atoms with Crippen molar-refractivity contribution in [2.45, 2.75) is 19.3 Å². The van der Waals surface area contributed by atoms with E-state index in [0.29, 0.717) is 5.82 Å². The van der Waals surface area contributed by atoms with Crippen LogP contribution in [0, 0.1) is 0 Å². The van der Waals surface area contributed by atoms with Gasteiger partial charge in [-0.1, -0.05) is 184 Å². The second-order valence-corrected chi connectivity index (χ2v) is 15.7. The molecule has 2 heteroatoms. The highest BCUT2D eigenvalue weighted by Gasteiger charge is 2.38. The van der Waals surface area contributed by atoms with Crippen LogP contribution in [0.3, 0.4) is 0 Å². The molecular weight excluding hydrogens is 689 g/mol. The minimum atomic E-state index is -0.155. The smallest absolute Gasteiger partial charge is 0.161 e. The van der Waals surface area contributed by atoms with Crippen molar-refractivity contribution in [2.24, 2.45) is 0 Å². The average molecular weight is 727 g/mol. The third-order valence-corrected chi connectivity index (χ3v) is 12.1. The third kappa shape index (κ3) is 5.33. The zero-order valence-electron chi connectivity index (χ0n) is 31.9. The summed E-state index contributed by atoms with van der Waals surface area (Å²) >= 11 is 0. The standard InChI is InChI=1S/C55H38N2/c1-55(2)50-33-38-21-10-9-20-37(38)32-49(50)47-27-15-26-46(53(47)55)45-29-28-43(39-22-11-12-23-40(39)45)44-30-31-48(42-25-14-13-24-41(42)44)54-56-51(35-16-5-3-6-17-35)34-52(57-54)36-18-7-4-8-19-36/h3-34H,1-2H3. The first-order chi connectivity index (χ1) is 28.0. The number of aromatic nitrogens is 2. The molecule has 268 valence electrons. The molecule has 0 N–H and O–H groups in total. The molecule has 1 aliphatic rings. The predicted octanol–water partition coefficient (Wildman–Crippen LogP) is 14.6. The van der Waals surface area contributed by atoms with E-state index in [9.17, 15) is 0 Å². The quantitative estimate of drug-likeness (QED) is 0.176. The number of fused-ring (bicyclic) bond motifs is 6. The van der Waals surface area contributed by atoms with E-state index < -0.39 is 0 Å². The van der Waals surface area contributed by atoms with E-state index in [0.717, 1.165) is 33.5 Å². The van der Waals surface area contributed by atoms with Gasteiger partial charge in [-0.3, -0.25) is 0 Å². The zero-order valence-corrected chi connectivity index (χ0v) is 31.9. The summed E-state index contributed by atoms with van der Waals surface area (Å²) in [6, 6.07) is 70.1. The van der Waals surface area contributed by atoms with Gasteiger partial charge in [-0.25, -0.2) is 9.97 Å². The maximum absolute atomic E-state index is 5.21. The highest BCUT2D eigenvalue weighted by molar-refractivity contribution is 6.12. The summed E-state index contributed by atoms with van der Waals surface area (Å²) in [7, 11) is 0. The van der Waals surface area contributed by atoms with Gasteiger partial charge in [0.25, 0.3) is 0 Å². The number of hydrogen-bond acceptors (Lipinski definition) is 2. The maximum Gasteiger partial charge on any atom is 0.161 e. The monoisotopic (exact) mass is 726 g/mol. The van der Waals surface area contributed by atoms with Crippen LogP contribution in [0.4, 0.5) is 0 Å². The van der Waals surface area contributed by atoms with E-state index in [1.54, 1.807) is 0 Å². The van der Waals surface area contributed by atoms with Crippen LogP contribution in [0.2, 0.25) is 0 Å².